The van der Waals surface area contributed by atoms with Crippen molar-refractivity contribution in [2.75, 3.05) is 5.32 Å². The van der Waals surface area contributed by atoms with Crippen LogP contribution in [-0.4, -0.2) is 0 Å². The van der Waals surface area contributed by atoms with E-state index in [9.17, 15) is 17.6 Å². The molecule has 100 valence electrons. The van der Waals surface area contributed by atoms with Gasteiger partial charge >= 0.3 is 0 Å². The Morgan fingerprint density at radius 3 is 2.05 bits per heavy atom. The standard InChI is InChI=1S/C14H11F4N/c1-8(14-11(16)3-2-4-12(14)17)19-9-5-6-10(15)13(18)7-9/h2-8,19H,1H3. The van der Waals surface area contributed by atoms with E-state index in [-0.39, 0.29) is 11.3 Å². The summed E-state index contributed by atoms with van der Waals surface area (Å²) in [5.74, 6) is -3.38. The monoisotopic (exact) mass is 269 g/mol. The quantitative estimate of drug-likeness (QED) is 0.813. The lowest BCUT2D eigenvalue weighted by molar-refractivity contribution is 0.508. The van der Waals surface area contributed by atoms with Gasteiger partial charge in [-0.15, -0.1) is 0 Å². The Hall–Kier alpha value is -2.04. The first kappa shape index (κ1) is 13.4. The first-order valence-corrected chi connectivity index (χ1v) is 5.64. The van der Waals surface area contributed by atoms with E-state index >= 15 is 0 Å². The fourth-order valence-corrected chi connectivity index (χ4v) is 1.83. The third kappa shape index (κ3) is 2.86. The van der Waals surface area contributed by atoms with Crippen molar-refractivity contribution in [3.63, 3.8) is 0 Å². The number of hydrogen-bond donors (Lipinski definition) is 1. The maximum Gasteiger partial charge on any atom is 0.160 e. The minimum Gasteiger partial charge on any atom is -0.378 e. The molecule has 0 aromatic heterocycles. The first-order valence-electron chi connectivity index (χ1n) is 5.64. The highest BCUT2D eigenvalue weighted by Crippen LogP contribution is 2.25. The van der Waals surface area contributed by atoms with Crippen molar-refractivity contribution in [1.29, 1.82) is 0 Å². The van der Waals surface area contributed by atoms with E-state index < -0.39 is 29.3 Å². The van der Waals surface area contributed by atoms with Crippen LogP contribution in [0.15, 0.2) is 36.4 Å². The molecule has 1 nitrogen and oxygen atoms in total. The first-order chi connectivity index (χ1) is 8.99. The van der Waals surface area contributed by atoms with Gasteiger partial charge in [0, 0.05) is 17.3 Å². The molecule has 1 atom stereocenters. The van der Waals surface area contributed by atoms with Crippen LogP contribution in [0.4, 0.5) is 23.2 Å². The van der Waals surface area contributed by atoms with E-state index in [1.54, 1.807) is 0 Å². The second-order valence-electron chi connectivity index (χ2n) is 4.13. The lowest BCUT2D eigenvalue weighted by Crippen LogP contribution is -2.11. The molecule has 1 unspecified atom stereocenters. The van der Waals surface area contributed by atoms with Crippen LogP contribution in [0.3, 0.4) is 0 Å². The second-order valence-corrected chi connectivity index (χ2v) is 4.13. The van der Waals surface area contributed by atoms with Gasteiger partial charge in [-0.2, -0.15) is 0 Å². The number of nitrogens with one attached hydrogen (secondary N) is 1. The summed E-state index contributed by atoms with van der Waals surface area (Å²) < 4.78 is 52.9. The molecule has 19 heavy (non-hydrogen) atoms. The largest absolute Gasteiger partial charge is 0.378 e. The average molecular weight is 269 g/mol. The molecule has 0 bridgehead atoms. The second kappa shape index (κ2) is 5.30. The zero-order valence-corrected chi connectivity index (χ0v) is 10.1. The van der Waals surface area contributed by atoms with Gasteiger partial charge in [0.05, 0.1) is 6.04 Å². The Bertz CT molecular complexity index is 578. The van der Waals surface area contributed by atoms with Gasteiger partial charge in [-0.1, -0.05) is 6.07 Å². The van der Waals surface area contributed by atoms with Crippen molar-refractivity contribution < 1.29 is 17.6 Å². The van der Waals surface area contributed by atoms with Gasteiger partial charge in [-0.25, -0.2) is 17.6 Å². The van der Waals surface area contributed by atoms with Gasteiger partial charge in [-0.3, -0.25) is 0 Å². The third-order valence-corrected chi connectivity index (χ3v) is 2.74. The molecule has 0 saturated carbocycles. The summed E-state index contributed by atoms with van der Waals surface area (Å²) in [5, 5.41) is 2.72. The Balaban J connectivity index is 2.25. The van der Waals surface area contributed by atoms with Crippen LogP contribution in [-0.2, 0) is 0 Å². The SMILES string of the molecule is CC(Nc1ccc(F)c(F)c1)c1c(F)cccc1F. The zero-order chi connectivity index (χ0) is 14.0. The van der Waals surface area contributed by atoms with Crippen molar-refractivity contribution in [2.45, 2.75) is 13.0 Å². The summed E-state index contributed by atoms with van der Waals surface area (Å²) in [6, 6.07) is 6.01. The highest BCUT2D eigenvalue weighted by Gasteiger charge is 2.16. The van der Waals surface area contributed by atoms with E-state index in [1.165, 1.54) is 19.1 Å². The normalized spacial score (nSPS) is 12.3. The van der Waals surface area contributed by atoms with Crippen LogP contribution in [0.5, 0.6) is 0 Å². The average Bonchev–Trinajstić information content (AvgIpc) is 2.33. The van der Waals surface area contributed by atoms with Crippen molar-refractivity contribution >= 4 is 5.69 Å². The highest BCUT2D eigenvalue weighted by molar-refractivity contribution is 5.46. The Labute approximate surface area is 107 Å². The molecule has 1 N–H and O–H groups in total. The maximum absolute atomic E-state index is 13.5. The van der Waals surface area contributed by atoms with Crippen molar-refractivity contribution in [1.82, 2.24) is 0 Å². The van der Waals surface area contributed by atoms with Crippen molar-refractivity contribution in [3.8, 4) is 0 Å². The summed E-state index contributed by atoms with van der Waals surface area (Å²) in [6.45, 7) is 1.53. The van der Waals surface area contributed by atoms with Crippen molar-refractivity contribution in [2.24, 2.45) is 0 Å². The minimum atomic E-state index is -1.02. The third-order valence-electron chi connectivity index (χ3n) is 2.74. The molecule has 0 amide bonds. The topological polar surface area (TPSA) is 12.0 Å². The molecule has 5 heteroatoms. The lowest BCUT2D eigenvalue weighted by atomic mass is 10.1. The number of halogens is 4. The van der Waals surface area contributed by atoms with Crippen LogP contribution >= 0.6 is 0 Å². The molecular weight excluding hydrogens is 258 g/mol. The van der Waals surface area contributed by atoms with E-state index in [1.807, 2.05) is 0 Å². The summed E-state index contributed by atoms with van der Waals surface area (Å²) in [4.78, 5) is 0. The summed E-state index contributed by atoms with van der Waals surface area (Å²) in [6.07, 6.45) is 0. The molecule has 0 spiro atoms. The summed E-state index contributed by atoms with van der Waals surface area (Å²) in [5.41, 5.74) is 0.0984. The van der Waals surface area contributed by atoms with Gasteiger partial charge in [-0.05, 0) is 31.2 Å². The Morgan fingerprint density at radius 2 is 1.47 bits per heavy atom. The van der Waals surface area contributed by atoms with E-state index in [0.717, 1.165) is 24.3 Å². The molecule has 0 aliphatic heterocycles. The van der Waals surface area contributed by atoms with Crippen LogP contribution < -0.4 is 5.32 Å². The smallest absolute Gasteiger partial charge is 0.160 e. The molecule has 0 heterocycles. The molecule has 0 aliphatic carbocycles. The molecule has 0 aliphatic rings. The predicted molar refractivity (Wildman–Crippen MR) is 64.8 cm³/mol. The Morgan fingerprint density at radius 1 is 0.842 bits per heavy atom. The van der Waals surface area contributed by atoms with Gasteiger partial charge in [0.25, 0.3) is 0 Å². The van der Waals surface area contributed by atoms with Gasteiger partial charge < -0.3 is 5.32 Å². The molecule has 0 saturated heterocycles. The number of rotatable bonds is 3. The fourth-order valence-electron chi connectivity index (χ4n) is 1.83. The van der Waals surface area contributed by atoms with Gasteiger partial charge in [0.15, 0.2) is 11.6 Å². The van der Waals surface area contributed by atoms with E-state index in [2.05, 4.69) is 5.32 Å². The zero-order valence-electron chi connectivity index (χ0n) is 10.1. The molecule has 0 fully saturated rings. The van der Waals surface area contributed by atoms with Crippen LogP contribution in [0, 0.1) is 23.3 Å². The fraction of sp³-hybridized carbons (Fsp3) is 0.143. The molecule has 2 aromatic rings. The lowest BCUT2D eigenvalue weighted by Gasteiger charge is -2.17. The van der Waals surface area contributed by atoms with Gasteiger partial charge in [0.1, 0.15) is 11.6 Å². The number of anilines is 1. The summed E-state index contributed by atoms with van der Waals surface area (Å²) >= 11 is 0. The maximum atomic E-state index is 13.5. The van der Waals surface area contributed by atoms with Gasteiger partial charge in [0.2, 0.25) is 0 Å². The van der Waals surface area contributed by atoms with Crippen molar-refractivity contribution in [3.05, 3.63) is 65.2 Å². The predicted octanol–water partition coefficient (Wildman–Crippen LogP) is 4.42. The molecular formula is C14H11F4N. The molecule has 2 rings (SSSR count). The van der Waals surface area contributed by atoms with Crippen LogP contribution in [0.1, 0.15) is 18.5 Å². The highest BCUT2D eigenvalue weighted by atomic mass is 19.2. The van der Waals surface area contributed by atoms with Crippen LogP contribution in [0.2, 0.25) is 0 Å². The number of hydrogen-bond acceptors (Lipinski definition) is 1. The van der Waals surface area contributed by atoms with E-state index in [4.69, 9.17) is 0 Å². The Kier molecular flexibility index (Phi) is 3.74. The molecule has 0 radical (unpaired) electrons. The van der Waals surface area contributed by atoms with Crippen LogP contribution in [0.25, 0.3) is 0 Å². The number of benzene rings is 2. The molecule has 2 aromatic carbocycles. The minimum absolute atomic E-state index is 0.146. The van der Waals surface area contributed by atoms with E-state index in [0.29, 0.717) is 0 Å². The summed E-state index contributed by atoms with van der Waals surface area (Å²) in [7, 11) is 0.